The monoisotopic (exact) mass is 264 g/mol. The molecule has 2 amide bonds. The molecule has 0 fully saturated rings. The maximum atomic E-state index is 11.8. The van der Waals surface area contributed by atoms with Crippen LogP contribution in [0.1, 0.15) is 37.0 Å². The minimum Gasteiger partial charge on any atom is -0.393 e. The largest absolute Gasteiger partial charge is 0.393 e. The number of aliphatic hydroxyl groups excluding tert-OH is 1. The molecule has 0 radical (unpaired) electrons. The molecule has 0 saturated heterocycles. The number of carbonyl (C=O) groups excluding carboxylic acids is 2. The lowest BCUT2D eigenvalue weighted by Gasteiger charge is -2.08. The fraction of sp³-hybridized carbons (Fsp3) is 0.429. The highest BCUT2D eigenvalue weighted by molar-refractivity contribution is 5.97. The van der Waals surface area contributed by atoms with Crippen LogP contribution in [0.2, 0.25) is 0 Å². The molecule has 5 nitrogen and oxygen atoms in total. The maximum absolute atomic E-state index is 11.8. The molecule has 1 atom stereocenters. The molecule has 3 N–H and O–H groups in total. The molecule has 0 aliphatic rings. The second-order valence-corrected chi connectivity index (χ2v) is 4.38. The Bertz CT molecular complexity index is 444. The van der Waals surface area contributed by atoms with E-state index in [0.717, 1.165) is 0 Å². The van der Waals surface area contributed by atoms with Crippen molar-refractivity contribution in [2.45, 2.75) is 32.8 Å². The van der Waals surface area contributed by atoms with E-state index in [2.05, 4.69) is 10.6 Å². The van der Waals surface area contributed by atoms with E-state index in [1.54, 1.807) is 38.1 Å². The van der Waals surface area contributed by atoms with Crippen molar-refractivity contribution in [3.8, 4) is 0 Å². The highest BCUT2D eigenvalue weighted by atomic mass is 16.3. The van der Waals surface area contributed by atoms with E-state index in [9.17, 15) is 9.59 Å². The first-order valence-corrected chi connectivity index (χ1v) is 6.39. The summed E-state index contributed by atoms with van der Waals surface area (Å²) in [7, 11) is 0. The van der Waals surface area contributed by atoms with Gasteiger partial charge in [-0.15, -0.1) is 0 Å². The third-order valence-electron chi connectivity index (χ3n) is 2.58. The number of carbonyl (C=O) groups is 2. The topological polar surface area (TPSA) is 78.4 Å². The predicted molar refractivity (Wildman–Crippen MR) is 74.0 cm³/mol. The minimum atomic E-state index is -0.435. The molecule has 1 aromatic carbocycles. The van der Waals surface area contributed by atoms with E-state index in [0.29, 0.717) is 30.6 Å². The zero-order valence-corrected chi connectivity index (χ0v) is 11.3. The summed E-state index contributed by atoms with van der Waals surface area (Å²) >= 11 is 0. The molecular weight excluding hydrogens is 244 g/mol. The summed E-state index contributed by atoms with van der Waals surface area (Å²) in [5.41, 5.74) is 1.09. The molecule has 19 heavy (non-hydrogen) atoms. The number of anilines is 1. The van der Waals surface area contributed by atoms with E-state index in [1.165, 1.54) is 0 Å². The first-order valence-electron chi connectivity index (χ1n) is 6.39. The smallest absolute Gasteiger partial charge is 0.251 e. The van der Waals surface area contributed by atoms with E-state index in [-0.39, 0.29) is 11.8 Å². The number of aliphatic hydroxyl groups is 1. The summed E-state index contributed by atoms with van der Waals surface area (Å²) in [4.78, 5) is 23.1. The molecule has 1 unspecified atom stereocenters. The maximum Gasteiger partial charge on any atom is 0.251 e. The van der Waals surface area contributed by atoms with E-state index in [1.807, 2.05) is 0 Å². The lowest BCUT2D eigenvalue weighted by atomic mass is 10.2. The SMILES string of the molecule is CCC(=O)Nc1cccc(C(=O)NCCC(C)O)c1. The second kappa shape index (κ2) is 7.53. The molecule has 1 aromatic rings. The first kappa shape index (κ1) is 15.2. The summed E-state index contributed by atoms with van der Waals surface area (Å²) in [6.45, 7) is 3.86. The first-order chi connectivity index (χ1) is 9.02. The van der Waals surface area contributed by atoms with Gasteiger partial charge < -0.3 is 15.7 Å². The van der Waals surface area contributed by atoms with Crippen LogP contribution in [0, 0.1) is 0 Å². The van der Waals surface area contributed by atoms with Crippen LogP contribution in [-0.4, -0.2) is 29.6 Å². The van der Waals surface area contributed by atoms with Crippen molar-refractivity contribution in [2.75, 3.05) is 11.9 Å². The van der Waals surface area contributed by atoms with Crippen LogP contribution in [-0.2, 0) is 4.79 Å². The van der Waals surface area contributed by atoms with Gasteiger partial charge in [0.25, 0.3) is 5.91 Å². The van der Waals surface area contributed by atoms with Gasteiger partial charge in [0.15, 0.2) is 0 Å². The number of benzene rings is 1. The van der Waals surface area contributed by atoms with Crippen molar-refractivity contribution in [3.05, 3.63) is 29.8 Å². The number of hydrogen-bond acceptors (Lipinski definition) is 3. The number of rotatable bonds is 6. The van der Waals surface area contributed by atoms with Crippen molar-refractivity contribution < 1.29 is 14.7 Å². The Morgan fingerprint density at radius 2 is 2.11 bits per heavy atom. The summed E-state index contributed by atoms with van der Waals surface area (Å²) < 4.78 is 0. The van der Waals surface area contributed by atoms with Gasteiger partial charge in [0.1, 0.15) is 0 Å². The Labute approximate surface area is 113 Å². The van der Waals surface area contributed by atoms with Crippen LogP contribution in [0.25, 0.3) is 0 Å². The van der Waals surface area contributed by atoms with Crippen LogP contribution in [0.15, 0.2) is 24.3 Å². The fourth-order valence-corrected chi connectivity index (χ4v) is 1.48. The molecule has 104 valence electrons. The zero-order valence-electron chi connectivity index (χ0n) is 11.3. The molecule has 0 saturated carbocycles. The molecule has 0 aliphatic heterocycles. The standard InChI is InChI=1S/C14H20N2O3/c1-3-13(18)16-12-6-4-5-11(9-12)14(19)15-8-7-10(2)17/h4-6,9-10,17H,3,7-8H2,1-2H3,(H,15,19)(H,16,18). The lowest BCUT2D eigenvalue weighted by Crippen LogP contribution is -2.26. The average molecular weight is 264 g/mol. The Hall–Kier alpha value is -1.88. The van der Waals surface area contributed by atoms with Crippen LogP contribution < -0.4 is 10.6 Å². The normalized spacial score (nSPS) is 11.7. The zero-order chi connectivity index (χ0) is 14.3. The van der Waals surface area contributed by atoms with Gasteiger partial charge in [-0.1, -0.05) is 13.0 Å². The third-order valence-corrected chi connectivity index (χ3v) is 2.58. The van der Waals surface area contributed by atoms with Gasteiger partial charge in [-0.05, 0) is 31.5 Å². The van der Waals surface area contributed by atoms with Gasteiger partial charge in [-0.25, -0.2) is 0 Å². The molecule has 5 heteroatoms. The number of hydrogen-bond donors (Lipinski definition) is 3. The van der Waals surface area contributed by atoms with E-state index >= 15 is 0 Å². The summed E-state index contributed by atoms with van der Waals surface area (Å²) in [6.07, 6.45) is 0.471. The Kier molecular flexibility index (Phi) is 6.02. The van der Waals surface area contributed by atoms with Crippen molar-refractivity contribution in [1.82, 2.24) is 5.32 Å². The molecule has 0 spiro atoms. The highest BCUT2D eigenvalue weighted by Crippen LogP contribution is 2.11. The molecule has 0 bridgehead atoms. The van der Waals surface area contributed by atoms with Gasteiger partial charge in [0.2, 0.25) is 5.91 Å². The van der Waals surface area contributed by atoms with Crippen LogP contribution >= 0.6 is 0 Å². The Balaban J connectivity index is 2.60. The van der Waals surface area contributed by atoms with Gasteiger partial charge >= 0.3 is 0 Å². The molecule has 0 heterocycles. The highest BCUT2D eigenvalue weighted by Gasteiger charge is 2.07. The van der Waals surface area contributed by atoms with Crippen molar-refractivity contribution in [3.63, 3.8) is 0 Å². The third kappa shape index (κ3) is 5.52. The van der Waals surface area contributed by atoms with Gasteiger partial charge in [-0.3, -0.25) is 9.59 Å². The molecule has 0 aromatic heterocycles. The predicted octanol–water partition coefficient (Wildman–Crippen LogP) is 1.54. The number of nitrogens with one attached hydrogen (secondary N) is 2. The van der Waals surface area contributed by atoms with Gasteiger partial charge in [0, 0.05) is 24.2 Å². The second-order valence-electron chi connectivity index (χ2n) is 4.38. The fourth-order valence-electron chi connectivity index (χ4n) is 1.48. The van der Waals surface area contributed by atoms with E-state index in [4.69, 9.17) is 5.11 Å². The lowest BCUT2D eigenvalue weighted by molar-refractivity contribution is -0.115. The van der Waals surface area contributed by atoms with Crippen LogP contribution in [0.4, 0.5) is 5.69 Å². The Morgan fingerprint density at radius 3 is 2.74 bits per heavy atom. The van der Waals surface area contributed by atoms with Crippen molar-refractivity contribution in [1.29, 1.82) is 0 Å². The van der Waals surface area contributed by atoms with Crippen molar-refractivity contribution >= 4 is 17.5 Å². The summed E-state index contributed by atoms with van der Waals surface area (Å²) in [5.74, 6) is -0.306. The van der Waals surface area contributed by atoms with E-state index < -0.39 is 6.10 Å². The summed E-state index contributed by atoms with van der Waals surface area (Å²) in [6, 6.07) is 6.76. The summed E-state index contributed by atoms with van der Waals surface area (Å²) in [5, 5.41) is 14.5. The number of amides is 2. The van der Waals surface area contributed by atoms with Crippen LogP contribution in [0.3, 0.4) is 0 Å². The average Bonchev–Trinajstić information content (AvgIpc) is 2.38. The van der Waals surface area contributed by atoms with Crippen LogP contribution in [0.5, 0.6) is 0 Å². The van der Waals surface area contributed by atoms with Gasteiger partial charge in [-0.2, -0.15) is 0 Å². The minimum absolute atomic E-state index is 0.0911. The molecular formula is C14H20N2O3. The molecule has 0 aliphatic carbocycles. The molecule has 1 rings (SSSR count). The van der Waals surface area contributed by atoms with Crippen molar-refractivity contribution in [2.24, 2.45) is 0 Å². The Morgan fingerprint density at radius 1 is 1.37 bits per heavy atom. The quantitative estimate of drug-likeness (QED) is 0.729. The van der Waals surface area contributed by atoms with Gasteiger partial charge in [0.05, 0.1) is 6.10 Å².